The van der Waals surface area contributed by atoms with Gasteiger partial charge in [-0.25, -0.2) is 8.42 Å². The van der Waals surface area contributed by atoms with E-state index in [0.29, 0.717) is 6.42 Å². The number of sulfone groups is 1. The summed E-state index contributed by atoms with van der Waals surface area (Å²) in [6.07, 6.45) is -5.04. The Morgan fingerprint density at radius 1 is 1.36 bits per heavy atom. The summed E-state index contributed by atoms with van der Waals surface area (Å²) in [4.78, 5) is 0. The highest BCUT2D eigenvalue weighted by Crippen LogP contribution is 2.21. The van der Waals surface area contributed by atoms with Crippen molar-refractivity contribution in [1.29, 1.82) is 0 Å². The van der Waals surface area contributed by atoms with Crippen LogP contribution in [0.1, 0.15) is 26.2 Å². The zero-order valence-electron chi connectivity index (χ0n) is 7.84. The Bertz CT molecular complexity index is 261. The van der Waals surface area contributed by atoms with Crippen molar-refractivity contribution in [2.24, 2.45) is 5.73 Å². The molecule has 0 bridgehead atoms. The van der Waals surface area contributed by atoms with Gasteiger partial charge in [0.25, 0.3) is 0 Å². The number of halogens is 3. The summed E-state index contributed by atoms with van der Waals surface area (Å²) >= 11 is 0. The van der Waals surface area contributed by atoms with E-state index in [4.69, 9.17) is 5.73 Å². The second-order valence-corrected chi connectivity index (χ2v) is 5.40. The lowest BCUT2D eigenvalue weighted by molar-refractivity contribution is -0.129. The fraction of sp³-hybridized carbons (Fsp3) is 1.00. The van der Waals surface area contributed by atoms with Crippen molar-refractivity contribution in [2.45, 2.75) is 37.7 Å². The van der Waals surface area contributed by atoms with Crippen molar-refractivity contribution in [3.8, 4) is 0 Å². The maximum atomic E-state index is 11.7. The molecule has 0 amide bonds. The Labute approximate surface area is 81.4 Å². The molecule has 0 saturated heterocycles. The number of alkyl halides is 3. The zero-order valence-corrected chi connectivity index (χ0v) is 8.66. The van der Waals surface area contributed by atoms with Crippen molar-refractivity contribution in [1.82, 2.24) is 0 Å². The molecule has 86 valence electrons. The molecule has 0 rings (SSSR count). The number of hydrogen-bond acceptors (Lipinski definition) is 3. The van der Waals surface area contributed by atoms with Gasteiger partial charge in [-0.3, -0.25) is 0 Å². The minimum Gasteiger partial charge on any atom is -0.315 e. The van der Waals surface area contributed by atoms with Crippen LogP contribution in [0.15, 0.2) is 0 Å². The molecule has 7 heteroatoms. The lowest BCUT2D eigenvalue weighted by Gasteiger charge is -2.12. The Morgan fingerprint density at radius 3 is 2.21 bits per heavy atom. The van der Waals surface area contributed by atoms with Gasteiger partial charge in [0.1, 0.15) is 5.37 Å². The predicted octanol–water partition coefficient (Wildman–Crippen LogP) is 1.44. The molecule has 2 N–H and O–H groups in total. The van der Waals surface area contributed by atoms with Crippen molar-refractivity contribution in [2.75, 3.05) is 5.75 Å². The highest BCUT2D eigenvalue weighted by atomic mass is 32.2. The molecule has 0 heterocycles. The molecule has 0 spiro atoms. The molecule has 0 aliphatic rings. The lowest BCUT2D eigenvalue weighted by Crippen LogP contribution is -2.33. The second kappa shape index (κ2) is 4.97. The van der Waals surface area contributed by atoms with Gasteiger partial charge >= 0.3 is 6.18 Å². The van der Waals surface area contributed by atoms with Crippen molar-refractivity contribution in [3.05, 3.63) is 0 Å². The number of hydrogen-bond donors (Lipinski definition) is 1. The monoisotopic (exact) mass is 233 g/mol. The van der Waals surface area contributed by atoms with E-state index in [1.54, 1.807) is 6.92 Å². The molecule has 3 nitrogen and oxygen atoms in total. The number of nitrogens with two attached hydrogens (primary N) is 1. The minimum absolute atomic E-state index is 0.195. The summed E-state index contributed by atoms with van der Waals surface area (Å²) in [5, 5.41) is -1.17. The average molecular weight is 233 g/mol. The Hall–Kier alpha value is -0.300. The molecule has 0 radical (unpaired) electrons. The molecule has 0 aliphatic heterocycles. The molecule has 0 aromatic heterocycles. The molecular weight excluding hydrogens is 219 g/mol. The first kappa shape index (κ1) is 13.7. The highest BCUT2D eigenvalue weighted by molar-refractivity contribution is 7.91. The average Bonchev–Trinajstić information content (AvgIpc) is 2.00. The van der Waals surface area contributed by atoms with Crippen LogP contribution in [0.25, 0.3) is 0 Å². The molecular formula is C7H14F3NO2S. The van der Waals surface area contributed by atoms with Crippen LogP contribution in [0.4, 0.5) is 13.2 Å². The molecule has 0 fully saturated rings. The van der Waals surface area contributed by atoms with E-state index in [-0.39, 0.29) is 6.42 Å². The van der Waals surface area contributed by atoms with E-state index in [1.165, 1.54) is 0 Å². The molecule has 0 saturated carbocycles. The van der Waals surface area contributed by atoms with E-state index in [2.05, 4.69) is 0 Å². The predicted molar refractivity (Wildman–Crippen MR) is 47.3 cm³/mol. The van der Waals surface area contributed by atoms with Crippen LogP contribution in [0.3, 0.4) is 0 Å². The van der Waals surface area contributed by atoms with E-state index in [9.17, 15) is 21.6 Å². The van der Waals surface area contributed by atoms with Crippen molar-refractivity contribution < 1.29 is 21.6 Å². The third kappa shape index (κ3) is 5.43. The van der Waals surface area contributed by atoms with E-state index < -0.39 is 33.6 Å². The normalized spacial score (nSPS) is 15.5. The van der Waals surface area contributed by atoms with Gasteiger partial charge in [0.2, 0.25) is 0 Å². The Kier molecular flexibility index (Phi) is 4.87. The molecule has 1 atom stereocenters. The summed E-state index contributed by atoms with van der Waals surface area (Å²) in [6, 6.07) is 0. The molecule has 0 aliphatic carbocycles. The first-order chi connectivity index (χ1) is 6.19. The van der Waals surface area contributed by atoms with Gasteiger partial charge in [-0.15, -0.1) is 0 Å². The number of rotatable bonds is 5. The lowest BCUT2D eigenvalue weighted by atomic mass is 10.3. The zero-order chi connectivity index (χ0) is 11.4. The Balaban J connectivity index is 4.22. The topological polar surface area (TPSA) is 60.2 Å². The van der Waals surface area contributed by atoms with E-state index in [0.717, 1.165) is 0 Å². The molecule has 1 unspecified atom stereocenters. The maximum absolute atomic E-state index is 11.7. The quantitative estimate of drug-likeness (QED) is 0.781. The second-order valence-electron chi connectivity index (χ2n) is 3.06. The molecule has 0 aromatic rings. The summed E-state index contributed by atoms with van der Waals surface area (Å²) in [5.74, 6) is -0.919. The fourth-order valence-corrected chi connectivity index (χ4v) is 2.29. The first-order valence-corrected chi connectivity index (χ1v) is 5.94. The summed E-state index contributed by atoms with van der Waals surface area (Å²) < 4.78 is 57.5. The van der Waals surface area contributed by atoms with Crippen LogP contribution in [-0.2, 0) is 9.84 Å². The summed E-state index contributed by atoms with van der Waals surface area (Å²) in [6.45, 7) is 1.72. The van der Waals surface area contributed by atoms with Gasteiger partial charge in [-0.1, -0.05) is 13.3 Å². The van der Waals surface area contributed by atoms with Crippen LogP contribution in [0.2, 0.25) is 0 Å². The minimum atomic E-state index is -4.45. The van der Waals surface area contributed by atoms with Crippen molar-refractivity contribution >= 4 is 9.84 Å². The SMILES string of the molecule is CCCC(N)S(=O)(=O)CCC(F)(F)F. The largest absolute Gasteiger partial charge is 0.390 e. The van der Waals surface area contributed by atoms with Crippen molar-refractivity contribution in [3.63, 3.8) is 0 Å². The highest BCUT2D eigenvalue weighted by Gasteiger charge is 2.31. The van der Waals surface area contributed by atoms with Crippen LogP contribution >= 0.6 is 0 Å². The fourth-order valence-electron chi connectivity index (χ4n) is 0.873. The Morgan fingerprint density at radius 2 is 1.86 bits per heavy atom. The smallest absolute Gasteiger partial charge is 0.315 e. The van der Waals surface area contributed by atoms with Gasteiger partial charge in [-0.05, 0) is 6.42 Å². The van der Waals surface area contributed by atoms with E-state index >= 15 is 0 Å². The first-order valence-electron chi connectivity index (χ1n) is 4.23. The van der Waals surface area contributed by atoms with Gasteiger partial charge < -0.3 is 5.73 Å². The van der Waals surface area contributed by atoms with Gasteiger partial charge in [0.05, 0.1) is 12.2 Å². The third-order valence-electron chi connectivity index (χ3n) is 1.70. The van der Waals surface area contributed by atoms with E-state index in [1.807, 2.05) is 0 Å². The molecule has 0 aromatic carbocycles. The van der Waals surface area contributed by atoms with Crippen LogP contribution in [0, 0.1) is 0 Å². The summed E-state index contributed by atoms with van der Waals surface area (Å²) in [7, 11) is -3.80. The van der Waals surface area contributed by atoms with Crippen LogP contribution in [0.5, 0.6) is 0 Å². The van der Waals surface area contributed by atoms with Crippen LogP contribution < -0.4 is 5.73 Å². The molecule has 14 heavy (non-hydrogen) atoms. The standard InChI is InChI=1S/C7H14F3NO2S/c1-2-3-6(11)14(12,13)5-4-7(8,9)10/h6H,2-5,11H2,1H3. The van der Waals surface area contributed by atoms with Crippen LogP contribution in [-0.4, -0.2) is 25.7 Å². The summed E-state index contributed by atoms with van der Waals surface area (Å²) in [5.41, 5.74) is 5.24. The van der Waals surface area contributed by atoms with Gasteiger partial charge in [0.15, 0.2) is 9.84 Å². The van der Waals surface area contributed by atoms with Gasteiger partial charge in [-0.2, -0.15) is 13.2 Å². The van der Waals surface area contributed by atoms with Gasteiger partial charge in [0, 0.05) is 0 Å². The maximum Gasteiger partial charge on any atom is 0.390 e. The third-order valence-corrected chi connectivity index (χ3v) is 3.64.